The van der Waals surface area contributed by atoms with E-state index in [0.717, 1.165) is 6.92 Å². The Morgan fingerprint density at radius 3 is 2.67 bits per heavy atom. The van der Waals surface area contributed by atoms with Gasteiger partial charge in [0.2, 0.25) is 11.6 Å². The summed E-state index contributed by atoms with van der Waals surface area (Å²) in [5, 5.41) is 13.4. The minimum Gasteiger partial charge on any atom is -0.375 e. The lowest BCUT2D eigenvalue weighted by molar-refractivity contribution is -0.384. The summed E-state index contributed by atoms with van der Waals surface area (Å²) in [4.78, 5) is 20.2. The molecule has 0 aromatic carbocycles. The molecule has 0 bridgehead atoms. The fourth-order valence-corrected chi connectivity index (χ4v) is 0.705. The molecular formula is C5H5N3O4. The second-order valence-electron chi connectivity index (χ2n) is 2.06. The smallest absolute Gasteiger partial charge is 0.363 e. The Balaban J connectivity index is 3.31. The second kappa shape index (κ2) is 2.61. The Morgan fingerprint density at radius 2 is 2.33 bits per heavy atom. The Bertz CT molecular complexity index is 342. The SMILES string of the molecule is CC(=O)c1onc(N)c1[N+](=O)[O-]. The van der Waals surface area contributed by atoms with Gasteiger partial charge in [0.05, 0.1) is 4.92 Å². The van der Waals surface area contributed by atoms with Crippen LogP contribution in [0, 0.1) is 10.1 Å². The van der Waals surface area contributed by atoms with E-state index < -0.39 is 22.2 Å². The molecule has 0 radical (unpaired) electrons. The molecule has 1 heterocycles. The van der Waals surface area contributed by atoms with E-state index in [0.29, 0.717) is 0 Å². The maximum absolute atomic E-state index is 10.7. The molecule has 12 heavy (non-hydrogen) atoms. The fraction of sp³-hybridized carbons (Fsp3) is 0.200. The van der Waals surface area contributed by atoms with Crippen molar-refractivity contribution in [3.05, 3.63) is 15.9 Å². The van der Waals surface area contributed by atoms with Gasteiger partial charge in [-0.1, -0.05) is 5.16 Å². The van der Waals surface area contributed by atoms with E-state index in [4.69, 9.17) is 5.73 Å². The van der Waals surface area contributed by atoms with Crippen LogP contribution in [0.3, 0.4) is 0 Å². The number of hydrogen-bond acceptors (Lipinski definition) is 6. The predicted octanol–water partition coefficient (Wildman–Crippen LogP) is 0.368. The zero-order valence-corrected chi connectivity index (χ0v) is 6.10. The van der Waals surface area contributed by atoms with Gasteiger partial charge in [0.1, 0.15) is 0 Å². The number of ketones is 1. The molecule has 2 N–H and O–H groups in total. The number of Topliss-reactive ketones (excluding diaryl/α,β-unsaturated/α-hetero) is 1. The molecule has 64 valence electrons. The monoisotopic (exact) mass is 171 g/mol. The number of aromatic nitrogens is 1. The molecule has 0 spiro atoms. The highest BCUT2D eigenvalue weighted by atomic mass is 16.6. The summed E-state index contributed by atoms with van der Waals surface area (Å²) in [5.41, 5.74) is 4.51. The summed E-state index contributed by atoms with van der Waals surface area (Å²) in [6.07, 6.45) is 0. The van der Waals surface area contributed by atoms with Gasteiger partial charge in [0.25, 0.3) is 5.76 Å². The molecule has 0 saturated heterocycles. The van der Waals surface area contributed by atoms with E-state index in [1.807, 2.05) is 0 Å². The molecule has 0 fully saturated rings. The molecule has 1 aromatic heterocycles. The quantitative estimate of drug-likeness (QED) is 0.390. The highest BCUT2D eigenvalue weighted by molar-refractivity contribution is 5.96. The number of hydrogen-bond donors (Lipinski definition) is 1. The number of nitrogen functional groups attached to an aromatic ring is 1. The van der Waals surface area contributed by atoms with Crippen molar-refractivity contribution < 1.29 is 14.2 Å². The lowest BCUT2D eigenvalue weighted by Crippen LogP contribution is -1.98. The average Bonchev–Trinajstić information content (AvgIpc) is 2.30. The van der Waals surface area contributed by atoms with Crippen molar-refractivity contribution in [1.82, 2.24) is 5.16 Å². The van der Waals surface area contributed by atoms with Gasteiger partial charge < -0.3 is 10.3 Å². The Hall–Kier alpha value is -1.92. The van der Waals surface area contributed by atoms with E-state index in [-0.39, 0.29) is 5.82 Å². The third kappa shape index (κ3) is 1.11. The number of carbonyl (C=O) groups excluding carboxylic acids is 1. The first-order valence-electron chi connectivity index (χ1n) is 2.94. The van der Waals surface area contributed by atoms with Gasteiger partial charge in [0.15, 0.2) is 0 Å². The van der Waals surface area contributed by atoms with Crippen molar-refractivity contribution in [1.29, 1.82) is 0 Å². The molecule has 1 aromatic rings. The van der Waals surface area contributed by atoms with Gasteiger partial charge in [-0.2, -0.15) is 0 Å². The largest absolute Gasteiger partial charge is 0.375 e. The lowest BCUT2D eigenvalue weighted by atomic mass is 10.3. The fourth-order valence-electron chi connectivity index (χ4n) is 0.705. The molecule has 7 heteroatoms. The topological polar surface area (TPSA) is 112 Å². The molecular weight excluding hydrogens is 166 g/mol. The molecule has 0 amide bonds. The Morgan fingerprint density at radius 1 is 1.75 bits per heavy atom. The van der Waals surface area contributed by atoms with Crippen LogP contribution in [0.4, 0.5) is 11.5 Å². The molecule has 0 saturated carbocycles. The van der Waals surface area contributed by atoms with Crippen LogP contribution in [0.25, 0.3) is 0 Å². The summed E-state index contributed by atoms with van der Waals surface area (Å²) in [5.74, 6) is -1.38. The van der Waals surface area contributed by atoms with E-state index in [1.165, 1.54) is 0 Å². The summed E-state index contributed by atoms with van der Waals surface area (Å²) < 4.78 is 4.35. The van der Waals surface area contributed by atoms with Crippen LogP contribution < -0.4 is 5.73 Å². The molecule has 0 aliphatic rings. The highest BCUT2D eigenvalue weighted by Crippen LogP contribution is 2.25. The van der Waals surface area contributed by atoms with Crippen molar-refractivity contribution in [3.63, 3.8) is 0 Å². The summed E-state index contributed by atoms with van der Waals surface area (Å²) in [7, 11) is 0. The van der Waals surface area contributed by atoms with Crippen molar-refractivity contribution in [2.24, 2.45) is 0 Å². The Labute approximate surface area is 66.3 Å². The van der Waals surface area contributed by atoms with E-state index in [1.54, 1.807) is 0 Å². The number of rotatable bonds is 2. The van der Waals surface area contributed by atoms with Gasteiger partial charge in [0, 0.05) is 6.92 Å². The van der Waals surface area contributed by atoms with Gasteiger partial charge in [-0.25, -0.2) is 0 Å². The van der Waals surface area contributed by atoms with Gasteiger partial charge in [-0.05, 0) is 0 Å². The van der Waals surface area contributed by atoms with Crippen LogP contribution in [0.1, 0.15) is 17.5 Å². The minimum absolute atomic E-state index is 0.384. The first-order chi connectivity index (χ1) is 5.54. The van der Waals surface area contributed by atoms with Gasteiger partial charge in [-0.15, -0.1) is 0 Å². The van der Waals surface area contributed by atoms with Crippen LogP contribution in [0.2, 0.25) is 0 Å². The number of nitro groups is 1. The molecule has 0 aliphatic carbocycles. The molecule has 0 aliphatic heterocycles. The third-order valence-electron chi connectivity index (χ3n) is 1.20. The van der Waals surface area contributed by atoms with Crippen molar-refractivity contribution >= 4 is 17.3 Å². The summed E-state index contributed by atoms with van der Waals surface area (Å²) in [6.45, 7) is 1.13. The van der Waals surface area contributed by atoms with Crippen LogP contribution in [0.15, 0.2) is 4.52 Å². The van der Waals surface area contributed by atoms with Crippen molar-refractivity contribution in [2.75, 3.05) is 5.73 Å². The summed E-state index contributed by atoms with van der Waals surface area (Å²) >= 11 is 0. The van der Waals surface area contributed by atoms with Crippen LogP contribution in [-0.2, 0) is 0 Å². The van der Waals surface area contributed by atoms with E-state index in [2.05, 4.69) is 9.68 Å². The maximum atomic E-state index is 10.7. The van der Waals surface area contributed by atoms with E-state index in [9.17, 15) is 14.9 Å². The van der Waals surface area contributed by atoms with E-state index >= 15 is 0 Å². The molecule has 0 atom stereocenters. The first kappa shape index (κ1) is 8.18. The third-order valence-corrected chi connectivity index (χ3v) is 1.20. The van der Waals surface area contributed by atoms with Crippen LogP contribution in [-0.4, -0.2) is 15.9 Å². The van der Waals surface area contributed by atoms with Crippen molar-refractivity contribution in [2.45, 2.75) is 6.92 Å². The zero-order valence-electron chi connectivity index (χ0n) is 6.10. The van der Waals surface area contributed by atoms with Crippen LogP contribution in [0.5, 0.6) is 0 Å². The normalized spacial score (nSPS) is 9.75. The molecule has 7 nitrogen and oxygen atoms in total. The van der Waals surface area contributed by atoms with Gasteiger partial charge in [-0.3, -0.25) is 14.9 Å². The second-order valence-corrected chi connectivity index (χ2v) is 2.06. The highest BCUT2D eigenvalue weighted by Gasteiger charge is 2.27. The standard InChI is InChI=1S/C5H5N3O4/c1-2(9)4-3(8(10)11)5(6)7-12-4/h1H3,(H2,6,7). The van der Waals surface area contributed by atoms with Gasteiger partial charge >= 0.3 is 5.69 Å². The zero-order chi connectivity index (χ0) is 9.30. The average molecular weight is 171 g/mol. The number of carbonyl (C=O) groups is 1. The number of nitrogens with two attached hydrogens (primary N) is 1. The lowest BCUT2D eigenvalue weighted by Gasteiger charge is -1.86. The maximum Gasteiger partial charge on any atom is 0.363 e. The molecule has 0 unspecified atom stereocenters. The number of anilines is 1. The molecule has 1 rings (SSSR count). The number of nitrogens with zero attached hydrogens (tertiary/aromatic N) is 2. The Kier molecular flexibility index (Phi) is 1.78. The predicted molar refractivity (Wildman–Crippen MR) is 37.6 cm³/mol. The minimum atomic E-state index is -0.803. The van der Waals surface area contributed by atoms with Crippen molar-refractivity contribution in [3.8, 4) is 0 Å². The summed E-state index contributed by atoms with van der Waals surface area (Å²) in [6, 6.07) is 0. The first-order valence-corrected chi connectivity index (χ1v) is 2.94. The van der Waals surface area contributed by atoms with Crippen LogP contribution >= 0.6 is 0 Å².